The van der Waals surface area contributed by atoms with E-state index >= 15 is 0 Å². The average Bonchev–Trinajstić information content (AvgIpc) is 2.97. The lowest BCUT2D eigenvalue weighted by Crippen LogP contribution is -2.31. The summed E-state index contributed by atoms with van der Waals surface area (Å²) < 4.78 is 25.3. The van der Waals surface area contributed by atoms with Gasteiger partial charge in [0.05, 0.1) is 11.1 Å². The fraction of sp³-hybridized carbons (Fsp3) is 0.0938. The smallest absolute Gasteiger partial charge is 0.326 e. The summed E-state index contributed by atoms with van der Waals surface area (Å²) in [5.41, 5.74) is 3.98. The molecule has 0 unspecified atom stereocenters. The highest BCUT2D eigenvalue weighted by molar-refractivity contribution is 6.01. The molecule has 1 heterocycles. The minimum absolute atomic E-state index is 0.333. The van der Waals surface area contributed by atoms with Gasteiger partial charge in [0, 0.05) is 36.1 Å². The Kier molecular flexibility index (Phi) is 7.56. The molecule has 40 heavy (non-hydrogen) atoms. The van der Waals surface area contributed by atoms with Crippen LogP contribution in [-0.4, -0.2) is 18.1 Å². The van der Waals surface area contributed by atoms with Gasteiger partial charge in [0.15, 0.2) is 0 Å². The number of nitrogens with zero attached hydrogens (tertiary/aromatic N) is 3. The fourth-order valence-electron chi connectivity index (χ4n) is 4.22. The Morgan fingerprint density at radius 1 is 1.00 bits per heavy atom. The van der Waals surface area contributed by atoms with Gasteiger partial charge in [-0.1, -0.05) is 30.3 Å². The molecule has 8 heteroatoms. The van der Waals surface area contributed by atoms with Gasteiger partial charge in [-0.3, -0.25) is 9.88 Å². The van der Waals surface area contributed by atoms with E-state index in [-0.39, 0.29) is 11.8 Å². The van der Waals surface area contributed by atoms with Crippen molar-refractivity contribution >= 4 is 28.3 Å². The van der Waals surface area contributed by atoms with Gasteiger partial charge in [-0.25, -0.2) is 9.18 Å². The molecule has 0 atom stereocenters. The molecule has 198 valence electrons. The molecule has 4 aromatic carbocycles. The molecule has 0 radical (unpaired) electrons. The third kappa shape index (κ3) is 5.84. The van der Waals surface area contributed by atoms with Gasteiger partial charge < -0.3 is 14.8 Å². The number of aryl methyl sites for hydroxylation is 1. The molecule has 0 saturated heterocycles. The Hall–Kier alpha value is -5.42. The number of aromatic nitrogens is 1. The zero-order valence-electron chi connectivity index (χ0n) is 21.9. The van der Waals surface area contributed by atoms with Crippen LogP contribution in [0.1, 0.15) is 16.7 Å². The van der Waals surface area contributed by atoms with E-state index in [0.717, 1.165) is 11.1 Å². The number of anilines is 2. The van der Waals surface area contributed by atoms with Gasteiger partial charge in [0.2, 0.25) is 0 Å². The van der Waals surface area contributed by atoms with Crippen LogP contribution in [0.25, 0.3) is 10.9 Å². The van der Waals surface area contributed by atoms with E-state index < -0.39 is 0 Å². The van der Waals surface area contributed by atoms with Crippen molar-refractivity contribution in [3.8, 4) is 23.3 Å². The third-order valence-corrected chi connectivity index (χ3v) is 6.32. The number of fused-ring (bicyclic) bond motifs is 1. The Bertz CT molecular complexity index is 1720. The Morgan fingerprint density at radius 3 is 2.50 bits per heavy atom. The minimum Gasteiger partial charge on any atom is -0.487 e. The van der Waals surface area contributed by atoms with Crippen molar-refractivity contribution in [2.24, 2.45) is 0 Å². The molecular formula is C32H25FN4O3. The molecule has 5 rings (SSSR count). The lowest BCUT2D eigenvalue weighted by Gasteiger charge is -2.21. The summed E-state index contributed by atoms with van der Waals surface area (Å²) >= 11 is 0. The Balaban J connectivity index is 1.34. The number of benzene rings is 4. The van der Waals surface area contributed by atoms with Crippen molar-refractivity contribution in [1.82, 2.24) is 4.98 Å². The standard InChI is InChI=1S/C32H25FN4O3/c1-21-16-26(12-13-29(21)37(2)32(38)36-25-10-8-24(33)9-11-25)40-30-14-15-35-28-18-31(23(19-34)17-27(28)30)39-20-22-6-4-3-5-7-22/h3-18H,20H2,1-2H3,(H,36,38). The van der Waals surface area contributed by atoms with Gasteiger partial charge >= 0.3 is 6.03 Å². The number of carbonyl (C=O) groups is 1. The normalized spacial score (nSPS) is 10.6. The number of ether oxygens (including phenoxy) is 2. The van der Waals surface area contributed by atoms with Crippen LogP contribution in [0.2, 0.25) is 0 Å². The number of hydrogen-bond acceptors (Lipinski definition) is 5. The molecule has 5 aromatic rings. The number of hydrogen-bond donors (Lipinski definition) is 1. The minimum atomic E-state index is -0.375. The molecule has 0 fully saturated rings. The maximum Gasteiger partial charge on any atom is 0.326 e. The molecule has 0 aliphatic rings. The van der Waals surface area contributed by atoms with Gasteiger partial charge in [-0.2, -0.15) is 5.26 Å². The number of nitriles is 1. The maximum atomic E-state index is 13.2. The molecule has 1 aromatic heterocycles. The summed E-state index contributed by atoms with van der Waals surface area (Å²) in [5, 5.41) is 13.2. The van der Waals surface area contributed by atoms with Gasteiger partial charge in [-0.05, 0) is 72.6 Å². The van der Waals surface area contributed by atoms with E-state index in [1.807, 2.05) is 43.3 Å². The number of rotatable bonds is 7. The Morgan fingerprint density at radius 2 is 1.77 bits per heavy atom. The predicted octanol–water partition coefficient (Wildman–Crippen LogP) is 7.59. The fourth-order valence-corrected chi connectivity index (χ4v) is 4.22. The lowest BCUT2D eigenvalue weighted by molar-refractivity contribution is 0.258. The van der Waals surface area contributed by atoms with Crippen molar-refractivity contribution in [1.29, 1.82) is 5.26 Å². The van der Waals surface area contributed by atoms with Crippen LogP contribution in [0.5, 0.6) is 17.2 Å². The molecule has 7 nitrogen and oxygen atoms in total. The second-order valence-electron chi connectivity index (χ2n) is 9.11. The average molecular weight is 533 g/mol. The molecule has 0 saturated carbocycles. The predicted molar refractivity (Wildman–Crippen MR) is 152 cm³/mol. The number of amides is 2. The summed E-state index contributed by atoms with van der Waals surface area (Å²) in [6.45, 7) is 2.21. The first kappa shape index (κ1) is 26.2. The van der Waals surface area contributed by atoms with Crippen LogP contribution in [0.4, 0.5) is 20.6 Å². The highest BCUT2D eigenvalue weighted by Crippen LogP contribution is 2.35. The molecule has 0 aliphatic carbocycles. The van der Waals surface area contributed by atoms with Gasteiger partial charge in [0.25, 0.3) is 0 Å². The third-order valence-electron chi connectivity index (χ3n) is 6.32. The van der Waals surface area contributed by atoms with Crippen molar-refractivity contribution in [2.45, 2.75) is 13.5 Å². The van der Waals surface area contributed by atoms with Crippen molar-refractivity contribution in [3.63, 3.8) is 0 Å². The zero-order chi connectivity index (χ0) is 28.1. The van der Waals surface area contributed by atoms with Crippen LogP contribution < -0.4 is 19.7 Å². The van der Waals surface area contributed by atoms with Crippen molar-refractivity contribution in [2.75, 3.05) is 17.3 Å². The number of urea groups is 1. The van der Waals surface area contributed by atoms with E-state index in [1.165, 1.54) is 29.2 Å². The molecule has 1 N–H and O–H groups in total. The zero-order valence-corrected chi connectivity index (χ0v) is 21.9. The SMILES string of the molecule is Cc1cc(Oc2ccnc3cc(OCc4ccccc4)c(C#N)cc23)ccc1N(C)C(=O)Nc1ccc(F)cc1. The van der Waals surface area contributed by atoms with Crippen LogP contribution in [0.15, 0.2) is 97.2 Å². The topological polar surface area (TPSA) is 87.5 Å². The van der Waals surface area contributed by atoms with Crippen molar-refractivity contribution in [3.05, 3.63) is 120 Å². The number of pyridine rings is 1. The second-order valence-corrected chi connectivity index (χ2v) is 9.11. The largest absolute Gasteiger partial charge is 0.487 e. The maximum absolute atomic E-state index is 13.2. The van der Waals surface area contributed by atoms with Crippen LogP contribution >= 0.6 is 0 Å². The number of nitrogens with one attached hydrogen (secondary N) is 1. The molecular weight excluding hydrogens is 507 g/mol. The summed E-state index contributed by atoms with van der Waals surface area (Å²) in [4.78, 5) is 18.7. The van der Waals surface area contributed by atoms with Gasteiger partial charge in [0.1, 0.15) is 35.7 Å². The highest BCUT2D eigenvalue weighted by atomic mass is 19.1. The monoisotopic (exact) mass is 532 g/mol. The molecule has 0 bridgehead atoms. The van der Waals surface area contributed by atoms with Gasteiger partial charge in [-0.15, -0.1) is 0 Å². The van der Waals surface area contributed by atoms with E-state index in [0.29, 0.717) is 51.7 Å². The summed E-state index contributed by atoms with van der Waals surface area (Å²) in [6.07, 6.45) is 1.64. The highest BCUT2D eigenvalue weighted by Gasteiger charge is 2.16. The van der Waals surface area contributed by atoms with E-state index in [1.54, 1.807) is 43.6 Å². The summed E-state index contributed by atoms with van der Waals surface area (Å²) in [7, 11) is 1.65. The lowest BCUT2D eigenvalue weighted by atomic mass is 10.1. The van der Waals surface area contributed by atoms with E-state index in [4.69, 9.17) is 9.47 Å². The second kappa shape index (κ2) is 11.5. The van der Waals surface area contributed by atoms with Crippen LogP contribution in [0, 0.1) is 24.1 Å². The first-order valence-corrected chi connectivity index (χ1v) is 12.5. The molecule has 2 amide bonds. The van der Waals surface area contributed by atoms with Crippen molar-refractivity contribution < 1.29 is 18.7 Å². The van der Waals surface area contributed by atoms with Crippen LogP contribution in [0.3, 0.4) is 0 Å². The van der Waals surface area contributed by atoms with E-state index in [9.17, 15) is 14.4 Å². The first-order valence-electron chi connectivity index (χ1n) is 12.5. The quantitative estimate of drug-likeness (QED) is 0.233. The first-order chi connectivity index (χ1) is 19.4. The van der Waals surface area contributed by atoms with Crippen LogP contribution in [-0.2, 0) is 6.61 Å². The molecule has 0 spiro atoms. The Labute approximate surface area is 231 Å². The number of carbonyl (C=O) groups excluding carboxylic acids is 1. The van der Waals surface area contributed by atoms with E-state index in [2.05, 4.69) is 16.4 Å². The summed E-state index contributed by atoms with van der Waals surface area (Å²) in [5.74, 6) is 1.17. The molecule has 0 aliphatic heterocycles. The number of halogens is 1. The summed E-state index contributed by atoms with van der Waals surface area (Å²) in [6, 6.07) is 27.7.